The number of nitrogens with one attached hydrogen (secondary N) is 3. The number of carbonyl (C=O) groups excluding carboxylic acids is 1. The predicted molar refractivity (Wildman–Crippen MR) is 115 cm³/mol. The number of fused-ring (bicyclic) bond motifs is 1. The van der Waals surface area contributed by atoms with Gasteiger partial charge in [0.05, 0.1) is 0 Å². The molecule has 3 N–H and O–H groups in total. The summed E-state index contributed by atoms with van der Waals surface area (Å²) in [5.41, 5.74) is 2.41. The van der Waals surface area contributed by atoms with Crippen molar-refractivity contribution in [2.45, 2.75) is 68.4 Å². The first-order valence-corrected chi connectivity index (χ1v) is 11.9. The van der Waals surface area contributed by atoms with E-state index in [4.69, 9.17) is 4.74 Å². The van der Waals surface area contributed by atoms with Gasteiger partial charge in [0.2, 0.25) is 0 Å². The van der Waals surface area contributed by atoms with Gasteiger partial charge in [-0.3, -0.25) is 5.10 Å². The fourth-order valence-electron chi connectivity index (χ4n) is 4.28. The number of hydrogen-bond acceptors (Lipinski definition) is 5. The number of hydrogen-bond donors (Lipinski definition) is 3. The van der Waals surface area contributed by atoms with E-state index in [0.717, 1.165) is 55.9 Å². The molecular weight excluding hydrogens is 386 g/mol. The lowest BCUT2D eigenvalue weighted by Crippen LogP contribution is -2.29. The Morgan fingerprint density at radius 1 is 1.34 bits per heavy atom. The highest BCUT2D eigenvalue weighted by molar-refractivity contribution is 8.15. The molecule has 3 aliphatic rings. The third-order valence-electron chi connectivity index (χ3n) is 5.99. The molecule has 7 nitrogen and oxygen atoms in total. The van der Waals surface area contributed by atoms with Crippen molar-refractivity contribution in [1.29, 1.82) is 0 Å². The number of aromatic nitrogens is 3. The zero-order valence-corrected chi connectivity index (χ0v) is 17.4. The largest absolute Gasteiger partial charge is 0.446 e. The molecule has 3 heterocycles. The van der Waals surface area contributed by atoms with Gasteiger partial charge in [0.1, 0.15) is 11.9 Å². The maximum Gasteiger partial charge on any atom is 0.407 e. The molecule has 154 valence electrons. The van der Waals surface area contributed by atoms with Crippen LogP contribution in [0.1, 0.15) is 56.2 Å². The number of amides is 1. The van der Waals surface area contributed by atoms with Gasteiger partial charge in [-0.1, -0.05) is 5.37 Å². The van der Waals surface area contributed by atoms with Crippen LogP contribution in [0.2, 0.25) is 0 Å². The molecule has 0 aromatic carbocycles. The summed E-state index contributed by atoms with van der Waals surface area (Å²) in [6, 6.07) is 4.55. The number of alkyl carbamates (subject to hydrolysis) is 1. The molecule has 1 aliphatic heterocycles. The summed E-state index contributed by atoms with van der Waals surface area (Å²) in [7, 11) is 0.237. The molecule has 29 heavy (non-hydrogen) atoms. The van der Waals surface area contributed by atoms with Crippen LogP contribution in [-0.4, -0.2) is 44.5 Å². The summed E-state index contributed by atoms with van der Waals surface area (Å²) in [6.45, 7) is 2.14. The van der Waals surface area contributed by atoms with E-state index in [9.17, 15) is 4.79 Å². The van der Waals surface area contributed by atoms with Gasteiger partial charge in [0, 0.05) is 40.4 Å². The molecule has 0 spiro atoms. The Morgan fingerprint density at radius 2 is 2.24 bits per heavy atom. The lowest BCUT2D eigenvalue weighted by Gasteiger charge is -2.12. The highest BCUT2D eigenvalue weighted by Gasteiger charge is 2.31. The number of ether oxygens (including phenoxy) is 1. The number of H-pyrrole nitrogens is 1. The van der Waals surface area contributed by atoms with Gasteiger partial charge in [-0.05, 0) is 57.3 Å². The van der Waals surface area contributed by atoms with Crippen LogP contribution in [-0.2, 0) is 11.2 Å². The summed E-state index contributed by atoms with van der Waals surface area (Å²) in [6.07, 6.45) is 7.54. The van der Waals surface area contributed by atoms with Crippen molar-refractivity contribution in [3.05, 3.63) is 29.6 Å². The van der Waals surface area contributed by atoms with E-state index >= 15 is 0 Å². The average molecular weight is 414 g/mol. The van der Waals surface area contributed by atoms with Crippen molar-refractivity contribution in [2.75, 3.05) is 11.1 Å². The fourth-order valence-corrected chi connectivity index (χ4v) is 6.16. The van der Waals surface area contributed by atoms with Gasteiger partial charge < -0.3 is 15.4 Å². The van der Waals surface area contributed by atoms with Crippen molar-refractivity contribution in [1.82, 2.24) is 20.5 Å². The van der Waals surface area contributed by atoms with Crippen LogP contribution in [0, 0.1) is 0 Å². The highest BCUT2D eigenvalue weighted by atomic mass is 32.2. The summed E-state index contributed by atoms with van der Waals surface area (Å²) < 4.78 is 5.58. The molecule has 2 fully saturated rings. The highest BCUT2D eigenvalue weighted by Crippen LogP contribution is 2.41. The van der Waals surface area contributed by atoms with Crippen molar-refractivity contribution in [3.63, 3.8) is 0 Å². The van der Waals surface area contributed by atoms with E-state index in [1.54, 1.807) is 0 Å². The molecule has 2 aromatic rings. The Morgan fingerprint density at radius 3 is 3.07 bits per heavy atom. The smallest absolute Gasteiger partial charge is 0.407 e. The van der Waals surface area contributed by atoms with Crippen LogP contribution in [0.3, 0.4) is 0 Å². The van der Waals surface area contributed by atoms with Gasteiger partial charge in [0.25, 0.3) is 0 Å². The van der Waals surface area contributed by atoms with Gasteiger partial charge >= 0.3 is 6.09 Å². The second-order valence-corrected chi connectivity index (χ2v) is 10.2. The minimum atomic E-state index is -0.266. The molecule has 0 radical (unpaired) electrons. The minimum Gasteiger partial charge on any atom is -0.446 e. The summed E-state index contributed by atoms with van der Waals surface area (Å²) in [5.74, 6) is 3.23. The molecular formula is C21H27N5O2S. The van der Waals surface area contributed by atoms with Crippen molar-refractivity contribution < 1.29 is 9.53 Å². The quantitative estimate of drug-likeness (QED) is 0.643. The fraction of sp³-hybridized carbons (Fsp3) is 0.524. The van der Waals surface area contributed by atoms with Gasteiger partial charge in [-0.2, -0.15) is 15.6 Å². The molecule has 0 saturated heterocycles. The molecule has 2 aliphatic carbocycles. The molecule has 8 heteroatoms. The first-order chi connectivity index (χ1) is 14.2. The Balaban J connectivity index is 1.22. The van der Waals surface area contributed by atoms with Gasteiger partial charge in [-0.25, -0.2) is 9.78 Å². The van der Waals surface area contributed by atoms with Crippen LogP contribution in [0.25, 0.3) is 0 Å². The molecule has 1 amide bonds. The Hall–Kier alpha value is -2.35. The first-order valence-electron chi connectivity index (χ1n) is 10.5. The third kappa shape index (κ3) is 4.03. The Bertz CT molecular complexity index is 952. The van der Waals surface area contributed by atoms with Crippen LogP contribution in [0.15, 0.2) is 23.2 Å². The molecule has 0 bridgehead atoms. The minimum absolute atomic E-state index is 0.0132. The Kier molecular flexibility index (Phi) is 5.03. The monoisotopic (exact) mass is 413 g/mol. The van der Waals surface area contributed by atoms with Crippen LogP contribution in [0.4, 0.5) is 16.4 Å². The number of aromatic amines is 1. The van der Waals surface area contributed by atoms with Gasteiger partial charge in [-0.15, -0.1) is 0 Å². The SMILES string of the molecule is C/C=S1\CCc2c1ccnc2Nc1cc([C@H]2CC[C@@H](OC(=O)NC3CC3)C2)[nH]n1. The second kappa shape index (κ2) is 7.82. The van der Waals surface area contributed by atoms with E-state index in [-0.39, 0.29) is 22.7 Å². The van der Waals surface area contributed by atoms with Crippen LogP contribution in [0.5, 0.6) is 0 Å². The molecule has 5 rings (SSSR count). The van der Waals surface area contributed by atoms with Crippen molar-refractivity contribution in [3.8, 4) is 0 Å². The lowest BCUT2D eigenvalue weighted by molar-refractivity contribution is 0.0997. The number of anilines is 2. The molecule has 2 saturated carbocycles. The number of carbonyl (C=O) groups is 1. The zero-order valence-electron chi connectivity index (χ0n) is 16.6. The van der Waals surface area contributed by atoms with E-state index in [0.29, 0.717) is 12.0 Å². The maximum atomic E-state index is 11.9. The zero-order chi connectivity index (χ0) is 19.8. The van der Waals surface area contributed by atoms with Crippen molar-refractivity contribution >= 4 is 33.6 Å². The molecule has 2 aromatic heterocycles. The first kappa shape index (κ1) is 18.7. The van der Waals surface area contributed by atoms with E-state index in [2.05, 4.69) is 50.2 Å². The van der Waals surface area contributed by atoms with Crippen LogP contribution < -0.4 is 10.6 Å². The Labute approximate surface area is 173 Å². The van der Waals surface area contributed by atoms with Gasteiger partial charge in [0.15, 0.2) is 5.82 Å². The summed E-state index contributed by atoms with van der Waals surface area (Å²) >= 11 is 0. The maximum absolute atomic E-state index is 11.9. The third-order valence-corrected chi connectivity index (χ3v) is 8.15. The average Bonchev–Trinajstić information content (AvgIpc) is 3.12. The summed E-state index contributed by atoms with van der Waals surface area (Å²) in [5, 5.41) is 16.2. The van der Waals surface area contributed by atoms with E-state index in [1.807, 2.05) is 6.20 Å². The number of rotatable bonds is 5. The normalized spacial score (nSPS) is 25.8. The predicted octanol–water partition coefficient (Wildman–Crippen LogP) is 4.08. The number of pyridine rings is 1. The number of nitrogens with zero attached hydrogens (tertiary/aromatic N) is 2. The molecule has 3 atom stereocenters. The van der Waals surface area contributed by atoms with E-state index < -0.39 is 0 Å². The van der Waals surface area contributed by atoms with Crippen molar-refractivity contribution in [2.24, 2.45) is 0 Å². The summed E-state index contributed by atoms with van der Waals surface area (Å²) in [4.78, 5) is 17.8. The second-order valence-electron chi connectivity index (χ2n) is 8.04. The lowest BCUT2D eigenvalue weighted by atomic mass is 10.0. The molecule has 1 unspecified atom stereocenters. The standard InChI is InChI=1S/C21H27N5O2S/c1-2-29-10-8-16-18(29)7-9-22-20(16)24-19-12-17(25-26-19)13-3-6-15(11-13)28-21(27)23-14-4-5-14/h2,7,9,12-15H,3-6,8,10-11H2,1H3,(H,23,27)(H2,22,24,25,26)/t13-,15+,29?/m0/s1. The van der Waals surface area contributed by atoms with E-state index in [1.165, 1.54) is 16.2 Å². The topological polar surface area (TPSA) is 91.9 Å². The van der Waals surface area contributed by atoms with Crippen LogP contribution >= 0.6 is 10.5 Å².